The minimum atomic E-state index is -1.30. The van der Waals surface area contributed by atoms with Gasteiger partial charge in [-0.25, -0.2) is 9.59 Å². The van der Waals surface area contributed by atoms with E-state index in [-0.39, 0.29) is 12.6 Å². The minimum Gasteiger partial charge on any atom is -0.479 e. The molecule has 1 fully saturated rings. The largest absolute Gasteiger partial charge is 0.479 e. The minimum absolute atomic E-state index is 0.0174. The molecule has 6 heteroatoms. The van der Waals surface area contributed by atoms with Gasteiger partial charge in [0.25, 0.3) is 0 Å². The van der Waals surface area contributed by atoms with Crippen LogP contribution in [0.1, 0.15) is 18.4 Å². The number of carboxylic acid groups (broad SMARTS) is 1. The normalized spacial score (nSPS) is 24.5. The zero-order valence-electron chi connectivity index (χ0n) is 11.7. The lowest BCUT2D eigenvalue weighted by atomic mass is 9.98. The zero-order chi connectivity index (χ0) is 14.9. The number of hydrogen-bond donors (Lipinski definition) is 2. The second-order valence-corrected chi connectivity index (χ2v) is 5.50. The summed E-state index contributed by atoms with van der Waals surface area (Å²) in [4.78, 5) is 25.6. The summed E-state index contributed by atoms with van der Waals surface area (Å²) in [6, 6.07) is 7.36. The van der Waals surface area contributed by atoms with E-state index in [0.717, 1.165) is 24.1 Å². The van der Waals surface area contributed by atoms with E-state index in [1.54, 1.807) is 4.90 Å². The van der Waals surface area contributed by atoms with Gasteiger partial charge in [-0.2, -0.15) is 0 Å². The third-order valence-electron chi connectivity index (χ3n) is 4.13. The Labute approximate surface area is 122 Å². The molecule has 2 N–H and O–H groups in total. The van der Waals surface area contributed by atoms with Gasteiger partial charge < -0.3 is 15.2 Å². The number of carbonyl (C=O) groups is 2. The summed E-state index contributed by atoms with van der Waals surface area (Å²) in [5, 5.41) is 12.1. The Morgan fingerprint density at radius 3 is 2.86 bits per heavy atom. The van der Waals surface area contributed by atoms with Gasteiger partial charge in [0.1, 0.15) is 0 Å². The van der Waals surface area contributed by atoms with Crippen molar-refractivity contribution in [1.29, 1.82) is 0 Å². The second-order valence-electron chi connectivity index (χ2n) is 5.50. The molecule has 1 aromatic rings. The highest BCUT2D eigenvalue weighted by Gasteiger charge is 2.45. The van der Waals surface area contributed by atoms with Crippen LogP contribution in [0.3, 0.4) is 0 Å². The molecule has 2 amide bonds. The molecule has 21 heavy (non-hydrogen) atoms. The van der Waals surface area contributed by atoms with Crippen molar-refractivity contribution in [3.05, 3.63) is 29.8 Å². The van der Waals surface area contributed by atoms with Crippen molar-refractivity contribution in [2.45, 2.75) is 24.8 Å². The molecule has 6 nitrogen and oxygen atoms in total. The molecule has 1 unspecified atom stereocenters. The number of carboxylic acids is 1. The van der Waals surface area contributed by atoms with Crippen LogP contribution in [0.5, 0.6) is 0 Å². The van der Waals surface area contributed by atoms with Gasteiger partial charge in [-0.3, -0.25) is 4.90 Å². The zero-order valence-corrected chi connectivity index (χ0v) is 11.7. The summed E-state index contributed by atoms with van der Waals surface area (Å²) in [5.41, 5.74) is 0.676. The fourth-order valence-corrected chi connectivity index (χ4v) is 2.90. The maximum atomic E-state index is 12.5. The predicted molar refractivity (Wildman–Crippen MR) is 76.4 cm³/mol. The number of hydrogen-bond acceptors (Lipinski definition) is 3. The van der Waals surface area contributed by atoms with Gasteiger partial charge in [0, 0.05) is 25.3 Å². The molecule has 0 aromatic heterocycles. The van der Waals surface area contributed by atoms with Crippen LogP contribution in [0.4, 0.5) is 10.5 Å². The first kappa shape index (κ1) is 13.9. The lowest BCUT2D eigenvalue weighted by Crippen LogP contribution is -2.59. The number of ether oxygens (including phenoxy) is 1. The first-order valence-electron chi connectivity index (χ1n) is 7.11. The van der Waals surface area contributed by atoms with Gasteiger partial charge >= 0.3 is 12.0 Å². The highest BCUT2D eigenvalue weighted by atomic mass is 16.5. The number of amides is 2. The van der Waals surface area contributed by atoms with Crippen molar-refractivity contribution in [3.63, 3.8) is 0 Å². The standard InChI is InChI=1S/C15H18N2O4/c18-13(19)15(7-9-21-10-15)16-14(20)17-8-3-5-11-4-1-2-6-12(11)17/h1-2,4,6H,3,5,7-10H2,(H,16,20)(H,18,19). The van der Waals surface area contributed by atoms with Gasteiger partial charge in [-0.15, -0.1) is 0 Å². The van der Waals surface area contributed by atoms with Crippen LogP contribution in [-0.4, -0.2) is 42.4 Å². The Balaban J connectivity index is 1.82. The first-order valence-corrected chi connectivity index (χ1v) is 7.11. The average molecular weight is 290 g/mol. The van der Waals surface area contributed by atoms with Gasteiger partial charge in [0.05, 0.1) is 6.61 Å². The fourth-order valence-electron chi connectivity index (χ4n) is 2.90. The number of aliphatic carboxylic acids is 1. The van der Waals surface area contributed by atoms with Crippen molar-refractivity contribution in [2.75, 3.05) is 24.7 Å². The van der Waals surface area contributed by atoms with Crippen LogP contribution >= 0.6 is 0 Å². The van der Waals surface area contributed by atoms with Crippen LogP contribution in [-0.2, 0) is 16.0 Å². The molecule has 3 rings (SSSR count). The highest BCUT2D eigenvalue weighted by molar-refractivity contribution is 5.97. The van der Waals surface area contributed by atoms with Crippen molar-refractivity contribution >= 4 is 17.7 Å². The number of urea groups is 1. The van der Waals surface area contributed by atoms with Crippen molar-refractivity contribution in [3.8, 4) is 0 Å². The van der Waals surface area contributed by atoms with E-state index < -0.39 is 11.5 Å². The number of fused-ring (bicyclic) bond motifs is 1. The van der Waals surface area contributed by atoms with Gasteiger partial charge in [0.15, 0.2) is 5.54 Å². The Morgan fingerprint density at radius 1 is 1.33 bits per heavy atom. The van der Waals surface area contributed by atoms with Gasteiger partial charge in [-0.1, -0.05) is 18.2 Å². The number of anilines is 1. The van der Waals surface area contributed by atoms with Gasteiger partial charge in [-0.05, 0) is 24.5 Å². The molecule has 112 valence electrons. The third-order valence-corrected chi connectivity index (χ3v) is 4.13. The lowest BCUT2D eigenvalue weighted by Gasteiger charge is -2.33. The number of carbonyl (C=O) groups excluding carboxylic acids is 1. The average Bonchev–Trinajstić information content (AvgIpc) is 2.96. The predicted octanol–water partition coefficient (Wildman–Crippen LogP) is 1.39. The van der Waals surface area contributed by atoms with Crippen LogP contribution in [0.2, 0.25) is 0 Å². The smallest absolute Gasteiger partial charge is 0.332 e. The summed E-state index contributed by atoms with van der Waals surface area (Å²) in [6.45, 7) is 0.964. The Kier molecular flexibility index (Phi) is 3.55. The second kappa shape index (κ2) is 5.37. The van der Waals surface area contributed by atoms with E-state index >= 15 is 0 Å². The number of nitrogens with zero attached hydrogens (tertiary/aromatic N) is 1. The van der Waals surface area contributed by atoms with Crippen molar-refractivity contribution in [2.24, 2.45) is 0 Å². The van der Waals surface area contributed by atoms with Crippen LogP contribution in [0, 0.1) is 0 Å². The Morgan fingerprint density at radius 2 is 2.14 bits per heavy atom. The molecule has 2 aliphatic rings. The van der Waals surface area contributed by atoms with Crippen LogP contribution in [0.25, 0.3) is 0 Å². The van der Waals surface area contributed by atoms with E-state index in [9.17, 15) is 14.7 Å². The van der Waals surface area contributed by atoms with Crippen molar-refractivity contribution in [1.82, 2.24) is 5.32 Å². The summed E-state index contributed by atoms with van der Waals surface area (Å²) in [5.74, 6) is -1.04. The maximum absolute atomic E-state index is 12.5. The van der Waals surface area contributed by atoms with E-state index in [1.807, 2.05) is 24.3 Å². The molecule has 0 saturated carbocycles. The molecule has 0 bridgehead atoms. The molecule has 0 aliphatic carbocycles. The Hall–Kier alpha value is -2.08. The molecule has 0 spiro atoms. The SMILES string of the molecule is O=C(NC1(C(=O)O)CCOC1)N1CCCc2ccccc21. The molecule has 2 aliphatic heterocycles. The molecule has 2 heterocycles. The maximum Gasteiger partial charge on any atom is 0.332 e. The first-order chi connectivity index (χ1) is 10.1. The fraction of sp³-hybridized carbons (Fsp3) is 0.467. The summed E-state index contributed by atoms with van der Waals surface area (Å²) >= 11 is 0. The molecule has 1 aromatic carbocycles. The van der Waals surface area contributed by atoms with Crippen molar-refractivity contribution < 1.29 is 19.4 Å². The number of nitrogens with one attached hydrogen (secondary N) is 1. The molecule has 0 radical (unpaired) electrons. The number of benzene rings is 1. The Bertz CT molecular complexity index is 567. The van der Waals surface area contributed by atoms with E-state index in [4.69, 9.17) is 4.74 Å². The van der Waals surface area contributed by atoms with Crippen LogP contribution < -0.4 is 10.2 Å². The topological polar surface area (TPSA) is 78.9 Å². The molecular formula is C15H18N2O4. The number of para-hydroxylation sites is 1. The van der Waals surface area contributed by atoms with E-state index in [0.29, 0.717) is 19.6 Å². The molecule has 1 saturated heterocycles. The van der Waals surface area contributed by atoms with Gasteiger partial charge in [0.2, 0.25) is 0 Å². The monoisotopic (exact) mass is 290 g/mol. The lowest BCUT2D eigenvalue weighted by molar-refractivity contribution is -0.144. The molecule has 1 atom stereocenters. The highest BCUT2D eigenvalue weighted by Crippen LogP contribution is 2.28. The number of aryl methyl sites for hydroxylation is 1. The summed E-state index contributed by atoms with van der Waals surface area (Å²) < 4.78 is 5.17. The van der Waals surface area contributed by atoms with E-state index in [1.165, 1.54) is 0 Å². The molecular weight excluding hydrogens is 272 g/mol. The van der Waals surface area contributed by atoms with E-state index in [2.05, 4.69) is 5.32 Å². The van der Waals surface area contributed by atoms with Crippen LogP contribution in [0.15, 0.2) is 24.3 Å². The quantitative estimate of drug-likeness (QED) is 0.862. The third kappa shape index (κ3) is 2.47. The summed E-state index contributed by atoms with van der Waals surface area (Å²) in [7, 11) is 0. The number of rotatable bonds is 2. The summed E-state index contributed by atoms with van der Waals surface area (Å²) in [6.07, 6.45) is 2.11.